The van der Waals surface area contributed by atoms with Gasteiger partial charge in [0, 0.05) is 17.8 Å². The van der Waals surface area contributed by atoms with Crippen LogP contribution in [-0.2, 0) is 13.0 Å². The molecule has 0 atom stereocenters. The number of aromatic nitrogens is 1. The Labute approximate surface area is 124 Å². The summed E-state index contributed by atoms with van der Waals surface area (Å²) in [6.07, 6.45) is 0.702. The fraction of sp³-hybridized carbons (Fsp3) is 0.438. The molecule has 0 saturated heterocycles. The first-order chi connectivity index (χ1) is 9.54. The molecule has 2 aromatic rings. The summed E-state index contributed by atoms with van der Waals surface area (Å²) >= 11 is 1.72. The fourth-order valence-electron chi connectivity index (χ4n) is 2.02. The molecule has 1 N–H and O–H groups in total. The highest BCUT2D eigenvalue weighted by Crippen LogP contribution is 2.21. The Morgan fingerprint density at radius 2 is 2.15 bits per heavy atom. The highest BCUT2D eigenvalue weighted by atomic mass is 32.1. The molecule has 0 saturated carbocycles. The van der Waals surface area contributed by atoms with Gasteiger partial charge in [0.2, 0.25) is 0 Å². The van der Waals surface area contributed by atoms with Crippen LogP contribution in [0.25, 0.3) is 0 Å². The molecular weight excluding hydrogens is 271 g/mol. The van der Waals surface area contributed by atoms with Crippen LogP contribution >= 0.6 is 11.3 Å². The molecule has 1 aromatic heterocycles. The molecule has 0 aliphatic carbocycles. The second kappa shape index (κ2) is 6.95. The van der Waals surface area contributed by atoms with Crippen molar-refractivity contribution in [3.63, 3.8) is 0 Å². The quantitative estimate of drug-likeness (QED) is 0.872. The van der Waals surface area contributed by atoms with Gasteiger partial charge in [-0.3, -0.25) is 0 Å². The summed E-state index contributed by atoms with van der Waals surface area (Å²) in [7, 11) is 0. The molecule has 0 aliphatic heterocycles. The van der Waals surface area contributed by atoms with Gasteiger partial charge in [0.15, 0.2) is 0 Å². The van der Waals surface area contributed by atoms with E-state index in [4.69, 9.17) is 0 Å². The Hall–Kier alpha value is -1.26. The predicted molar refractivity (Wildman–Crippen MR) is 82.6 cm³/mol. The van der Waals surface area contributed by atoms with Gasteiger partial charge in [-0.25, -0.2) is 9.37 Å². The number of nitrogens with one attached hydrogen (secondary N) is 1. The van der Waals surface area contributed by atoms with E-state index in [1.165, 1.54) is 10.9 Å². The van der Waals surface area contributed by atoms with Crippen LogP contribution in [0.4, 0.5) is 4.39 Å². The average Bonchev–Trinajstić information content (AvgIpc) is 2.69. The highest BCUT2D eigenvalue weighted by Gasteiger charge is 2.08. The van der Waals surface area contributed by atoms with Crippen LogP contribution in [0.1, 0.15) is 35.0 Å². The second-order valence-electron chi connectivity index (χ2n) is 5.45. The van der Waals surface area contributed by atoms with Gasteiger partial charge >= 0.3 is 0 Å². The van der Waals surface area contributed by atoms with Crippen LogP contribution in [0.5, 0.6) is 0 Å². The van der Waals surface area contributed by atoms with Crippen molar-refractivity contribution in [1.82, 2.24) is 10.3 Å². The third-order valence-electron chi connectivity index (χ3n) is 3.02. The maximum Gasteiger partial charge on any atom is 0.123 e. The molecule has 2 nitrogen and oxygen atoms in total. The highest BCUT2D eigenvalue weighted by molar-refractivity contribution is 7.11. The minimum absolute atomic E-state index is 0.186. The van der Waals surface area contributed by atoms with Crippen molar-refractivity contribution in [3.05, 3.63) is 51.2 Å². The van der Waals surface area contributed by atoms with Crippen molar-refractivity contribution in [1.29, 1.82) is 0 Å². The molecule has 0 radical (unpaired) electrons. The van der Waals surface area contributed by atoms with E-state index in [0.717, 1.165) is 29.4 Å². The number of halogens is 1. The molecule has 0 amide bonds. The van der Waals surface area contributed by atoms with Crippen molar-refractivity contribution >= 4 is 11.3 Å². The van der Waals surface area contributed by atoms with E-state index in [0.29, 0.717) is 12.3 Å². The summed E-state index contributed by atoms with van der Waals surface area (Å²) in [4.78, 5) is 5.86. The molecule has 0 spiro atoms. The van der Waals surface area contributed by atoms with Crippen LogP contribution in [0.3, 0.4) is 0 Å². The number of thiazole rings is 1. The van der Waals surface area contributed by atoms with Gasteiger partial charge in [0.05, 0.1) is 10.7 Å². The standard InChI is InChI=1S/C16H21FN2S/c1-11(2)9-18-10-15-12(3)19-16(20-15)8-13-5-4-6-14(17)7-13/h4-7,11,18H,8-10H2,1-3H3. The smallest absolute Gasteiger partial charge is 0.123 e. The maximum absolute atomic E-state index is 13.2. The lowest BCUT2D eigenvalue weighted by Gasteiger charge is -2.05. The van der Waals surface area contributed by atoms with E-state index >= 15 is 0 Å². The first kappa shape index (κ1) is 15.1. The number of hydrogen-bond acceptors (Lipinski definition) is 3. The van der Waals surface area contributed by atoms with E-state index in [1.54, 1.807) is 23.5 Å². The first-order valence-electron chi connectivity index (χ1n) is 6.95. The number of hydrogen-bond donors (Lipinski definition) is 1. The van der Waals surface area contributed by atoms with E-state index < -0.39 is 0 Å². The predicted octanol–water partition coefficient (Wildman–Crippen LogP) is 3.93. The van der Waals surface area contributed by atoms with Crippen LogP contribution in [0, 0.1) is 18.7 Å². The molecule has 20 heavy (non-hydrogen) atoms. The van der Waals surface area contributed by atoms with E-state index in [2.05, 4.69) is 24.1 Å². The lowest BCUT2D eigenvalue weighted by atomic mass is 10.1. The summed E-state index contributed by atoms with van der Waals surface area (Å²) in [6.45, 7) is 8.31. The molecule has 108 valence electrons. The van der Waals surface area contributed by atoms with Crippen LogP contribution < -0.4 is 5.32 Å². The number of nitrogens with zero attached hydrogens (tertiary/aromatic N) is 1. The van der Waals surface area contributed by atoms with Gasteiger partial charge in [-0.05, 0) is 37.1 Å². The van der Waals surface area contributed by atoms with Crippen molar-refractivity contribution < 1.29 is 4.39 Å². The van der Waals surface area contributed by atoms with E-state index in [9.17, 15) is 4.39 Å². The van der Waals surface area contributed by atoms with Gasteiger partial charge in [-0.1, -0.05) is 26.0 Å². The third-order valence-corrected chi connectivity index (χ3v) is 4.18. The van der Waals surface area contributed by atoms with Gasteiger partial charge < -0.3 is 5.32 Å². The normalized spacial score (nSPS) is 11.2. The third kappa shape index (κ3) is 4.39. The monoisotopic (exact) mass is 292 g/mol. The molecule has 0 fully saturated rings. The molecule has 1 aromatic carbocycles. The SMILES string of the molecule is Cc1nc(Cc2cccc(F)c2)sc1CNCC(C)C. The zero-order valence-electron chi connectivity index (χ0n) is 12.2. The van der Waals surface area contributed by atoms with Gasteiger partial charge in [0.1, 0.15) is 5.82 Å². The largest absolute Gasteiger partial charge is 0.312 e. The molecule has 4 heteroatoms. The minimum Gasteiger partial charge on any atom is -0.312 e. The van der Waals surface area contributed by atoms with Crippen molar-refractivity contribution in [2.75, 3.05) is 6.54 Å². The summed E-state index contributed by atoms with van der Waals surface area (Å²) < 4.78 is 13.2. The summed E-state index contributed by atoms with van der Waals surface area (Å²) in [5.41, 5.74) is 2.05. The number of rotatable bonds is 6. The zero-order valence-corrected chi connectivity index (χ0v) is 13.1. The second-order valence-corrected chi connectivity index (χ2v) is 6.62. The minimum atomic E-state index is -0.186. The summed E-state index contributed by atoms with van der Waals surface area (Å²) in [5.74, 6) is 0.463. The maximum atomic E-state index is 13.2. The molecule has 1 heterocycles. The van der Waals surface area contributed by atoms with Gasteiger partial charge in [-0.2, -0.15) is 0 Å². The van der Waals surface area contributed by atoms with E-state index in [1.807, 2.05) is 13.0 Å². The van der Waals surface area contributed by atoms with Gasteiger partial charge in [0.25, 0.3) is 0 Å². The Kier molecular flexibility index (Phi) is 5.26. The molecule has 0 unspecified atom stereocenters. The number of aryl methyl sites for hydroxylation is 1. The summed E-state index contributed by atoms with van der Waals surface area (Å²) in [6, 6.07) is 6.73. The topological polar surface area (TPSA) is 24.9 Å². The fourth-order valence-corrected chi connectivity index (χ4v) is 3.10. The Bertz CT molecular complexity index is 563. The molecular formula is C16H21FN2S. The van der Waals surface area contributed by atoms with Gasteiger partial charge in [-0.15, -0.1) is 11.3 Å². The average molecular weight is 292 g/mol. The lowest BCUT2D eigenvalue weighted by Crippen LogP contribution is -2.18. The van der Waals surface area contributed by atoms with Crippen molar-refractivity contribution in [2.45, 2.75) is 33.7 Å². The van der Waals surface area contributed by atoms with Crippen LogP contribution in [0.15, 0.2) is 24.3 Å². The van der Waals surface area contributed by atoms with Crippen LogP contribution in [0.2, 0.25) is 0 Å². The van der Waals surface area contributed by atoms with Crippen molar-refractivity contribution in [2.24, 2.45) is 5.92 Å². The number of benzene rings is 1. The Morgan fingerprint density at radius 1 is 1.35 bits per heavy atom. The zero-order chi connectivity index (χ0) is 14.5. The Balaban J connectivity index is 2.00. The Morgan fingerprint density at radius 3 is 2.85 bits per heavy atom. The van der Waals surface area contributed by atoms with E-state index in [-0.39, 0.29) is 5.82 Å². The molecule has 0 aliphatic rings. The van der Waals surface area contributed by atoms with Crippen LogP contribution in [-0.4, -0.2) is 11.5 Å². The van der Waals surface area contributed by atoms with Crippen molar-refractivity contribution in [3.8, 4) is 0 Å². The first-order valence-corrected chi connectivity index (χ1v) is 7.76. The molecule has 2 rings (SSSR count). The lowest BCUT2D eigenvalue weighted by molar-refractivity contribution is 0.554. The molecule has 0 bridgehead atoms. The summed E-state index contributed by atoms with van der Waals surface area (Å²) in [5, 5.41) is 4.49.